The molecule has 1 aromatic carbocycles. The molecule has 0 saturated heterocycles. The summed E-state index contributed by atoms with van der Waals surface area (Å²) in [6.45, 7) is 2.44. The van der Waals surface area contributed by atoms with E-state index in [0.717, 1.165) is 10.0 Å². The molecule has 0 aromatic heterocycles. The topological polar surface area (TPSA) is 58.2 Å². The molecule has 0 aliphatic heterocycles. The van der Waals surface area contributed by atoms with Crippen molar-refractivity contribution in [3.05, 3.63) is 28.2 Å². The summed E-state index contributed by atoms with van der Waals surface area (Å²) in [5.41, 5.74) is 1.62. The van der Waals surface area contributed by atoms with Crippen molar-refractivity contribution in [1.82, 2.24) is 5.32 Å². The molecule has 1 aliphatic carbocycles. The minimum absolute atomic E-state index is 0.110. The second-order valence-corrected chi connectivity index (χ2v) is 7.31. The molecular weight excluding hydrogens is 316 g/mol. The Balaban J connectivity index is 1.91. The van der Waals surface area contributed by atoms with Crippen LogP contribution in [0.15, 0.2) is 22.7 Å². The molecular formula is C12H17BrN2O2S. The van der Waals surface area contributed by atoms with Gasteiger partial charge in [-0.25, -0.2) is 8.42 Å². The fourth-order valence-electron chi connectivity index (χ4n) is 1.62. The number of benzene rings is 1. The second kappa shape index (κ2) is 5.59. The highest BCUT2D eigenvalue weighted by atomic mass is 79.9. The highest BCUT2D eigenvalue weighted by Gasteiger charge is 2.21. The molecule has 6 heteroatoms. The first-order valence-corrected chi connectivity index (χ1v) is 8.41. The molecule has 100 valence electrons. The summed E-state index contributed by atoms with van der Waals surface area (Å²) in [5, 5.41) is 3.19. The van der Waals surface area contributed by atoms with Crippen LogP contribution in [0.3, 0.4) is 0 Å². The van der Waals surface area contributed by atoms with Crippen LogP contribution in [-0.4, -0.2) is 26.8 Å². The van der Waals surface area contributed by atoms with E-state index >= 15 is 0 Å². The molecule has 0 atom stereocenters. The van der Waals surface area contributed by atoms with Crippen molar-refractivity contribution in [2.24, 2.45) is 0 Å². The summed E-state index contributed by atoms with van der Waals surface area (Å²) in [6.07, 6.45) is 2.33. The van der Waals surface area contributed by atoms with E-state index in [1.165, 1.54) is 12.8 Å². The van der Waals surface area contributed by atoms with Gasteiger partial charge in [0.1, 0.15) is 0 Å². The number of rotatable bonds is 6. The van der Waals surface area contributed by atoms with Gasteiger partial charge in [-0.05, 0) is 43.5 Å². The third kappa shape index (κ3) is 4.26. The van der Waals surface area contributed by atoms with Gasteiger partial charge in [0.05, 0.1) is 5.75 Å². The van der Waals surface area contributed by atoms with Crippen molar-refractivity contribution in [3.8, 4) is 0 Å². The first kappa shape index (κ1) is 13.8. The maximum Gasteiger partial charge on any atom is 0.233 e. The van der Waals surface area contributed by atoms with E-state index < -0.39 is 10.0 Å². The summed E-state index contributed by atoms with van der Waals surface area (Å²) in [5.74, 6) is 0.110. The van der Waals surface area contributed by atoms with Gasteiger partial charge in [0.25, 0.3) is 0 Å². The van der Waals surface area contributed by atoms with E-state index in [0.29, 0.717) is 18.3 Å². The summed E-state index contributed by atoms with van der Waals surface area (Å²) >= 11 is 3.39. The Kier molecular flexibility index (Phi) is 4.29. The lowest BCUT2D eigenvalue weighted by atomic mass is 10.2. The predicted octanol–water partition coefficient (Wildman–Crippen LogP) is 2.25. The van der Waals surface area contributed by atoms with Gasteiger partial charge in [0.2, 0.25) is 10.0 Å². The third-order valence-corrected chi connectivity index (χ3v) is 4.99. The Hall–Kier alpha value is -0.590. The van der Waals surface area contributed by atoms with Crippen LogP contribution in [0.2, 0.25) is 0 Å². The van der Waals surface area contributed by atoms with Crippen molar-refractivity contribution < 1.29 is 8.42 Å². The minimum atomic E-state index is -3.26. The SMILES string of the molecule is Cc1cc(NS(=O)(=O)CCNC2CC2)ccc1Br. The summed E-state index contributed by atoms with van der Waals surface area (Å²) in [7, 11) is -3.26. The molecule has 0 amide bonds. The molecule has 2 N–H and O–H groups in total. The third-order valence-electron chi connectivity index (χ3n) is 2.81. The van der Waals surface area contributed by atoms with E-state index in [2.05, 4.69) is 26.0 Å². The van der Waals surface area contributed by atoms with Crippen molar-refractivity contribution >= 4 is 31.6 Å². The van der Waals surface area contributed by atoms with E-state index in [4.69, 9.17) is 0 Å². The molecule has 1 aromatic rings. The maximum absolute atomic E-state index is 11.8. The van der Waals surface area contributed by atoms with Crippen molar-refractivity contribution in [2.75, 3.05) is 17.0 Å². The number of halogens is 1. The second-order valence-electron chi connectivity index (χ2n) is 4.61. The zero-order valence-corrected chi connectivity index (χ0v) is 12.6. The first-order chi connectivity index (χ1) is 8.46. The number of nitrogens with one attached hydrogen (secondary N) is 2. The average molecular weight is 333 g/mol. The lowest BCUT2D eigenvalue weighted by Crippen LogP contribution is -2.28. The van der Waals surface area contributed by atoms with Crippen LogP contribution in [0.1, 0.15) is 18.4 Å². The molecule has 0 bridgehead atoms. The van der Waals surface area contributed by atoms with E-state index in [-0.39, 0.29) is 5.75 Å². The smallest absolute Gasteiger partial charge is 0.233 e. The van der Waals surface area contributed by atoms with Gasteiger partial charge in [-0.1, -0.05) is 15.9 Å². The van der Waals surface area contributed by atoms with Gasteiger partial charge in [0, 0.05) is 22.7 Å². The number of sulfonamides is 1. The Labute approximate surface area is 116 Å². The van der Waals surface area contributed by atoms with Crippen molar-refractivity contribution in [2.45, 2.75) is 25.8 Å². The molecule has 0 spiro atoms. The first-order valence-electron chi connectivity index (χ1n) is 5.96. The number of hydrogen-bond donors (Lipinski definition) is 2. The number of aryl methyl sites for hydroxylation is 1. The highest BCUT2D eigenvalue weighted by molar-refractivity contribution is 9.10. The largest absolute Gasteiger partial charge is 0.313 e. The number of hydrogen-bond acceptors (Lipinski definition) is 3. The number of anilines is 1. The van der Waals surface area contributed by atoms with Gasteiger partial charge in [0.15, 0.2) is 0 Å². The van der Waals surface area contributed by atoms with Crippen LogP contribution < -0.4 is 10.0 Å². The summed E-state index contributed by atoms with van der Waals surface area (Å²) in [4.78, 5) is 0. The maximum atomic E-state index is 11.8. The predicted molar refractivity (Wildman–Crippen MR) is 77.3 cm³/mol. The zero-order chi connectivity index (χ0) is 13.2. The Morgan fingerprint density at radius 2 is 2.11 bits per heavy atom. The minimum Gasteiger partial charge on any atom is -0.313 e. The van der Waals surface area contributed by atoms with Gasteiger partial charge >= 0.3 is 0 Å². The van der Waals surface area contributed by atoms with Gasteiger partial charge in [-0.15, -0.1) is 0 Å². The molecule has 4 nitrogen and oxygen atoms in total. The Bertz CT molecular complexity index is 527. The fourth-order valence-corrected chi connectivity index (χ4v) is 2.84. The van der Waals surface area contributed by atoms with Crippen LogP contribution in [0, 0.1) is 6.92 Å². The highest BCUT2D eigenvalue weighted by Crippen LogP contribution is 2.21. The molecule has 18 heavy (non-hydrogen) atoms. The fraction of sp³-hybridized carbons (Fsp3) is 0.500. The molecule has 1 saturated carbocycles. The monoisotopic (exact) mass is 332 g/mol. The van der Waals surface area contributed by atoms with Crippen molar-refractivity contribution in [1.29, 1.82) is 0 Å². The average Bonchev–Trinajstić information content (AvgIpc) is 3.07. The van der Waals surface area contributed by atoms with Crippen LogP contribution in [0.5, 0.6) is 0 Å². The van der Waals surface area contributed by atoms with Crippen LogP contribution >= 0.6 is 15.9 Å². The Morgan fingerprint density at radius 3 is 2.72 bits per heavy atom. The van der Waals surface area contributed by atoms with Crippen molar-refractivity contribution in [3.63, 3.8) is 0 Å². The van der Waals surface area contributed by atoms with Gasteiger partial charge in [-0.3, -0.25) is 4.72 Å². The molecule has 1 aliphatic rings. The zero-order valence-electron chi connectivity index (χ0n) is 10.2. The lowest BCUT2D eigenvalue weighted by Gasteiger charge is -2.09. The van der Waals surface area contributed by atoms with E-state index in [9.17, 15) is 8.42 Å². The molecule has 1 fully saturated rings. The molecule has 2 rings (SSSR count). The van der Waals surface area contributed by atoms with Crippen LogP contribution in [0.4, 0.5) is 5.69 Å². The quantitative estimate of drug-likeness (QED) is 0.840. The van der Waals surface area contributed by atoms with Crippen LogP contribution in [-0.2, 0) is 10.0 Å². The van der Waals surface area contributed by atoms with Gasteiger partial charge in [-0.2, -0.15) is 0 Å². The van der Waals surface area contributed by atoms with E-state index in [1.807, 2.05) is 19.1 Å². The molecule has 0 heterocycles. The lowest BCUT2D eigenvalue weighted by molar-refractivity contribution is 0.595. The molecule has 0 radical (unpaired) electrons. The summed E-state index contributed by atoms with van der Waals surface area (Å²) in [6, 6.07) is 5.95. The summed E-state index contributed by atoms with van der Waals surface area (Å²) < 4.78 is 27.2. The van der Waals surface area contributed by atoms with E-state index in [1.54, 1.807) is 6.07 Å². The standard InChI is InChI=1S/C12H17BrN2O2S/c1-9-8-11(4-5-12(9)13)15-18(16,17)7-6-14-10-2-3-10/h4-5,8,10,14-15H,2-3,6-7H2,1H3. The van der Waals surface area contributed by atoms with Gasteiger partial charge < -0.3 is 5.32 Å². The molecule has 0 unspecified atom stereocenters. The normalized spacial score (nSPS) is 15.7. The Morgan fingerprint density at radius 1 is 1.39 bits per heavy atom. The van der Waals surface area contributed by atoms with Crippen LogP contribution in [0.25, 0.3) is 0 Å².